The zero-order chi connectivity index (χ0) is 24.9. The van der Waals surface area contributed by atoms with Crippen molar-refractivity contribution in [2.45, 2.75) is 37.3 Å². The molecule has 0 saturated carbocycles. The minimum atomic E-state index is -5.72. The molecule has 0 radical (unpaired) electrons. The summed E-state index contributed by atoms with van der Waals surface area (Å²) in [6, 6.07) is 20.8. The third-order valence-corrected chi connectivity index (χ3v) is 6.59. The first-order valence-electron chi connectivity index (χ1n) is 9.96. The third-order valence-electron chi connectivity index (χ3n) is 4.73. The maximum Gasteiger partial charge on any atom is 0.511 e. The van der Waals surface area contributed by atoms with E-state index in [1.165, 1.54) is 45.7 Å². The Hall–Kier alpha value is -1.77. The van der Waals surface area contributed by atoms with E-state index in [2.05, 4.69) is 39.0 Å². The molecule has 0 aliphatic heterocycles. The number of sulfonamides is 1. The van der Waals surface area contributed by atoms with Gasteiger partial charge < -0.3 is 5.73 Å². The summed E-state index contributed by atoms with van der Waals surface area (Å²) in [5.41, 5.74) is 5.05. The van der Waals surface area contributed by atoms with Gasteiger partial charge in [0.2, 0.25) is 0 Å². The largest absolute Gasteiger partial charge is 0.511 e. The molecule has 0 saturated heterocycles. The molecular formula is C24H26ClF3N2O2RuS. The van der Waals surface area contributed by atoms with Crippen molar-refractivity contribution in [3.63, 3.8) is 0 Å². The molecule has 0 heterocycles. The van der Waals surface area contributed by atoms with Crippen molar-refractivity contribution < 1.29 is 41.1 Å². The molecule has 3 aromatic rings. The van der Waals surface area contributed by atoms with Crippen molar-refractivity contribution in [3.05, 3.63) is 107 Å². The number of halogens is 4. The summed E-state index contributed by atoms with van der Waals surface area (Å²) >= 11 is 6.32. The van der Waals surface area contributed by atoms with Crippen LogP contribution in [0.2, 0.25) is 0 Å². The van der Waals surface area contributed by atoms with Crippen LogP contribution < -0.4 is 10.5 Å². The molecule has 0 aromatic heterocycles. The van der Waals surface area contributed by atoms with Gasteiger partial charge in [-0.15, -0.1) is 0 Å². The molecule has 2 atom stereocenters. The van der Waals surface area contributed by atoms with Gasteiger partial charge in [0.25, 0.3) is 0 Å². The van der Waals surface area contributed by atoms with Crippen molar-refractivity contribution in [2.24, 2.45) is 5.73 Å². The zero-order valence-corrected chi connectivity index (χ0v) is 22.1. The number of nitrogens with two attached hydrogens (primary N) is 1. The van der Waals surface area contributed by atoms with E-state index in [1.807, 2.05) is 0 Å². The first kappa shape index (κ1) is 30.3. The summed E-state index contributed by atoms with van der Waals surface area (Å²) in [5.74, 6) is 0. The molecule has 0 aliphatic carbocycles. The van der Waals surface area contributed by atoms with E-state index in [4.69, 9.17) is 17.3 Å². The minimum absolute atomic E-state index is 0. The van der Waals surface area contributed by atoms with E-state index < -0.39 is 26.6 Å². The summed E-state index contributed by atoms with van der Waals surface area (Å²) in [6.45, 7) is 6.38. The van der Waals surface area contributed by atoms with Gasteiger partial charge in [-0.3, -0.25) is 0 Å². The van der Waals surface area contributed by atoms with Crippen molar-refractivity contribution in [1.82, 2.24) is 4.72 Å². The van der Waals surface area contributed by atoms with E-state index in [-0.39, 0.29) is 25.0 Å². The van der Waals surface area contributed by atoms with Crippen LogP contribution in [0.15, 0.2) is 78.9 Å². The van der Waals surface area contributed by atoms with E-state index in [0.717, 1.165) is 0 Å². The van der Waals surface area contributed by atoms with Gasteiger partial charge in [0.15, 0.2) is 5.00 Å². The second-order valence-electron chi connectivity index (χ2n) is 7.68. The van der Waals surface area contributed by atoms with Crippen LogP contribution in [0.5, 0.6) is 0 Å². The fourth-order valence-electron chi connectivity index (χ4n) is 3.33. The molecule has 34 heavy (non-hydrogen) atoms. The van der Waals surface area contributed by atoms with Gasteiger partial charge in [0.1, 0.15) is 0 Å². The van der Waals surface area contributed by atoms with Gasteiger partial charge in [-0.05, 0) is 31.9 Å². The molecule has 0 aliphatic rings. The minimum Gasteiger partial charge on any atom is -0.321 e. The number of hydrogen-bond acceptors (Lipinski definition) is 3. The van der Waals surface area contributed by atoms with Crippen LogP contribution in [-0.4, -0.2) is 13.9 Å². The summed E-state index contributed by atoms with van der Waals surface area (Å²) in [6.07, 6.45) is 0. The molecule has 10 heteroatoms. The fraction of sp³-hybridized carbons (Fsp3) is 0.250. The monoisotopic (exact) mass is 600 g/mol. The Bertz CT molecular complexity index is 1110. The van der Waals surface area contributed by atoms with Crippen LogP contribution in [0.1, 0.15) is 33.9 Å². The molecular weight excluding hydrogens is 574 g/mol. The maximum atomic E-state index is 12.8. The Morgan fingerprint density at radius 3 is 1.59 bits per heavy atom. The van der Waals surface area contributed by atoms with Gasteiger partial charge in [0.05, 0.1) is 6.04 Å². The molecule has 0 bridgehead atoms. The summed E-state index contributed by atoms with van der Waals surface area (Å²) in [7, 11) is -5.72. The maximum absolute atomic E-state index is 12.8. The van der Waals surface area contributed by atoms with Crippen molar-refractivity contribution in [1.29, 1.82) is 0 Å². The number of hydrogen-bond donors (Lipinski definition) is 2. The summed E-state index contributed by atoms with van der Waals surface area (Å²) < 4.78 is 63.1. The van der Waals surface area contributed by atoms with Crippen LogP contribution in [-0.2, 0) is 34.5 Å². The van der Waals surface area contributed by atoms with Gasteiger partial charge in [-0.2, -0.15) is 17.9 Å². The molecule has 3 aromatic carbocycles. The third kappa shape index (κ3) is 7.89. The first-order chi connectivity index (χ1) is 15.3. The van der Waals surface area contributed by atoms with Crippen LogP contribution in [0.3, 0.4) is 0 Å². The summed E-state index contributed by atoms with van der Waals surface area (Å²) in [4.78, 5) is -2.21. The average molecular weight is 600 g/mol. The number of alkyl halides is 4. The van der Waals surface area contributed by atoms with Crippen LogP contribution >= 0.6 is 11.6 Å². The van der Waals surface area contributed by atoms with Crippen LogP contribution in [0.4, 0.5) is 13.2 Å². The number of nitrogens with one attached hydrogen (secondary N) is 1. The van der Waals surface area contributed by atoms with Crippen LogP contribution in [0.25, 0.3) is 0 Å². The van der Waals surface area contributed by atoms with Crippen molar-refractivity contribution >= 4 is 21.6 Å². The second-order valence-corrected chi connectivity index (χ2v) is 9.95. The van der Waals surface area contributed by atoms with E-state index in [0.29, 0.717) is 5.56 Å². The van der Waals surface area contributed by atoms with E-state index >= 15 is 0 Å². The molecule has 186 valence electrons. The summed E-state index contributed by atoms with van der Waals surface area (Å²) in [5, 5.41) is 0. The fourth-order valence-corrected chi connectivity index (χ4v) is 4.64. The predicted octanol–water partition coefficient (Wildman–Crippen LogP) is 5.83. The molecule has 3 rings (SSSR count). The SMILES string of the molecule is Cc1cc(C)cc(C)c1.N[C@@H](c1ccccc1)[C@@](Cl)(NS(=O)(=O)C(F)(F)F)c1ccccc1.[Ru]. The smallest absolute Gasteiger partial charge is 0.321 e. The normalized spacial score (nSPS) is 14.1. The topological polar surface area (TPSA) is 72.2 Å². The Morgan fingerprint density at radius 2 is 1.21 bits per heavy atom. The quantitative estimate of drug-likeness (QED) is 0.220. The van der Waals surface area contributed by atoms with E-state index in [9.17, 15) is 21.6 Å². The number of rotatable bonds is 5. The van der Waals surface area contributed by atoms with Gasteiger partial charge >= 0.3 is 15.5 Å². The van der Waals surface area contributed by atoms with Gasteiger partial charge in [0, 0.05) is 19.5 Å². The number of benzene rings is 3. The standard InChI is InChI=1S/C15H14ClF3N2O2S.C9H12.Ru/c16-14(12-9-5-2-6-10-12,21-24(22,23)15(17,18)19)13(20)11-7-3-1-4-8-11;1-7-4-8(2)6-9(3)5-7;/h1-10,13,21H,20H2;4-6H,1-3H3;/t13-,14-;;/m0../s1. The molecule has 0 spiro atoms. The Balaban J connectivity index is 0.000000486. The molecule has 4 nitrogen and oxygen atoms in total. The van der Waals surface area contributed by atoms with E-state index in [1.54, 1.807) is 36.4 Å². The van der Waals surface area contributed by atoms with Crippen molar-refractivity contribution in [2.75, 3.05) is 0 Å². The average Bonchev–Trinajstić information content (AvgIpc) is 2.73. The Labute approximate surface area is 216 Å². The molecule has 0 amide bonds. The molecule has 3 N–H and O–H groups in total. The Morgan fingerprint density at radius 1 is 0.824 bits per heavy atom. The second kappa shape index (κ2) is 12.3. The van der Waals surface area contributed by atoms with Crippen molar-refractivity contribution in [3.8, 4) is 0 Å². The van der Waals surface area contributed by atoms with Crippen LogP contribution in [0, 0.1) is 20.8 Å². The zero-order valence-electron chi connectivity index (χ0n) is 18.8. The van der Waals surface area contributed by atoms with Gasteiger partial charge in [-0.1, -0.05) is 107 Å². The predicted molar refractivity (Wildman–Crippen MR) is 126 cm³/mol. The first-order valence-corrected chi connectivity index (χ1v) is 11.8. The molecule has 0 unspecified atom stereocenters. The number of aryl methyl sites for hydroxylation is 3. The Kier molecular flexibility index (Phi) is 10.9. The molecule has 0 fully saturated rings. The van der Waals surface area contributed by atoms with Gasteiger partial charge in [-0.25, -0.2) is 8.42 Å².